The minimum Gasteiger partial charge on any atom is -0.469 e. The van der Waals surface area contributed by atoms with E-state index >= 15 is 0 Å². The van der Waals surface area contributed by atoms with Crippen molar-refractivity contribution in [1.29, 1.82) is 5.26 Å². The third kappa shape index (κ3) is 5.54. The zero-order valence-electron chi connectivity index (χ0n) is 15.4. The minimum atomic E-state index is -0.777. The molecule has 5 nitrogen and oxygen atoms in total. The maximum atomic E-state index is 14.8. The van der Waals surface area contributed by atoms with E-state index in [1.165, 1.54) is 20.1 Å². The molecule has 0 aliphatic heterocycles. The van der Waals surface area contributed by atoms with E-state index in [0.29, 0.717) is 10.5 Å². The molecule has 0 N–H and O–H groups in total. The van der Waals surface area contributed by atoms with E-state index < -0.39 is 23.5 Å². The molecule has 0 fully saturated rings. The molecule has 1 atom stereocenters. The van der Waals surface area contributed by atoms with Crippen molar-refractivity contribution in [3.63, 3.8) is 0 Å². The molecule has 0 saturated heterocycles. The van der Waals surface area contributed by atoms with Crippen LogP contribution in [-0.2, 0) is 14.3 Å². The summed E-state index contributed by atoms with van der Waals surface area (Å²) in [5.41, 5.74) is 0.334. The van der Waals surface area contributed by atoms with Gasteiger partial charge in [-0.1, -0.05) is 18.7 Å². The molecule has 0 aromatic heterocycles. The number of benzene rings is 2. The van der Waals surface area contributed by atoms with Gasteiger partial charge in [-0.25, -0.2) is 8.78 Å². The molecule has 0 heterocycles. The van der Waals surface area contributed by atoms with Crippen LogP contribution in [-0.4, -0.2) is 18.2 Å². The highest BCUT2D eigenvalue weighted by Gasteiger charge is 2.22. The van der Waals surface area contributed by atoms with Gasteiger partial charge in [0.2, 0.25) is 0 Å². The number of hydrogen-bond donors (Lipinski definition) is 0. The topological polar surface area (TPSA) is 76.4 Å². The van der Waals surface area contributed by atoms with Crippen LogP contribution in [0.3, 0.4) is 0 Å². The fourth-order valence-corrected chi connectivity index (χ4v) is 3.21. The van der Waals surface area contributed by atoms with E-state index in [4.69, 9.17) is 10.00 Å². The van der Waals surface area contributed by atoms with Gasteiger partial charge >= 0.3 is 5.97 Å². The molecule has 2 aromatic rings. The monoisotopic (exact) mass is 405 g/mol. The number of ether oxygens (including phenoxy) is 2. The number of hydrogen-bond acceptors (Lipinski definition) is 6. The highest BCUT2D eigenvalue weighted by Crippen LogP contribution is 2.38. The van der Waals surface area contributed by atoms with E-state index in [1.54, 1.807) is 19.1 Å². The molecule has 0 radical (unpaired) electrons. The summed E-state index contributed by atoms with van der Waals surface area (Å²) in [6, 6.07) is 7.78. The van der Waals surface area contributed by atoms with Crippen LogP contribution in [0.4, 0.5) is 8.78 Å². The number of methoxy groups -OCH3 is 1. The first kappa shape index (κ1) is 21.4. The van der Waals surface area contributed by atoms with Crippen molar-refractivity contribution < 1.29 is 27.8 Å². The van der Waals surface area contributed by atoms with Gasteiger partial charge in [0.15, 0.2) is 16.7 Å². The number of rotatable bonds is 6. The average Bonchev–Trinajstić information content (AvgIpc) is 2.62. The van der Waals surface area contributed by atoms with Crippen LogP contribution in [0.15, 0.2) is 35.2 Å². The normalized spacial score (nSPS) is 11.4. The van der Waals surface area contributed by atoms with Gasteiger partial charge in [-0.05, 0) is 30.2 Å². The predicted octanol–water partition coefficient (Wildman–Crippen LogP) is 4.93. The molecular weight excluding hydrogens is 388 g/mol. The molecule has 0 bridgehead atoms. The zero-order chi connectivity index (χ0) is 20.8. The molecule has 28 heavy (non-hydrogen) atoms. The van der Waals surface area contributed by atoms with E-state index in [1.807, 2.05) is 0 Å². The van der Waals surface area contributed by atoms with Gasteiger partial charge in [-0.2, -0.15) is 5.26 Å². The van der Waals surface area contributed by atoms with Crippen LogP contribution in [0.5, 0.6) is 11.5 Å². The van der Waals surface area contributed by atoms with Crippen molar-refractivity contribution in [2.75, 3.05) is 7.11 Å². The Kier molecular flexibility index (Phi) is 7.12. The Morgan fingerprint density at radius 2 is 1.93 bits per heavy atom. The smallest absolute Gasteiger partial charge is 0.306 e. The Labute approximate surface area is 165 Å². The molecule has 0 spiro atoms. The predicted molar refractivity (Wildman–Crippen MR) is 99.2 cm³/mol. The lowest BCUT2D eigenvalue weighted by molar-refractivity contribution is -0.141. The summed E-state index contributed by atoms with van der Waals surface area (Å²) in [5, 5.41) is 8.73. The van der Waals surface area contributed by atoms with E-state index in [0.717, 1.165) is 30.0 Å². The number of nitriles is 1. The third-order valence-corrected chi connectivity index (χ3v) is 4.52. The maximum Gasteiger partial charge on any atom is 0.306 e. The van der Waals surface area contributed by atoms with Gasteiger partial charge in [0.05, 0.1) is 25.2 Å². The number of carbonyl (C=O) groups excluding carboxylic acids is 2. The van der Waals surface area contributed by atoms with Crippen molar-refractivity contribution >= 4 is 22.8 Å². The molecule has 146 valence electrons. The van der Waals surface area contributed by atoms with E-state index in [-0.39, 0.29) is 28.6 Å². The van der Waals surface area contributed by atoms with Gasteiger partial charge in [0.1, 0.15) is 11.6 Å². The first-order valence-corrected chi connectivity index (χ1v) is 9.02. The zero-order valence-corrected chi connectivity index (χ0v) is 16.2. The Bertz CT molecular complexity index is 956. The number of halogens is 2. The molecule has 0 saturated carbocycles. The number of thioether (sulfide) groups is 1. The van der Waals surface area contributed by atoms with E-state index in [9.17, 15) is 18.4 Å². The number of carbonyl (C=O) groups is 2. The highest BCUT2D eigenvalue weighted by atomic mass is 32.2. The van der Waals surface area contributed by atoms with Gasteiger partial charge < -0.3 is 9.47 Å². The second-order valence-electron chi connectivity index (χ2n) is 5.99. The molecule has 1 unspecified atom stereocenters. The van der Waals surface area contributed by atoms with Crippen LogP contribution in [0.25, 0.3) is 0 Å². The molecule has 0 aliphatic carbocycles. The summed E-state index contributed by atoms with van der Waals surface area (Å²) in [6.45, 7) is 3.02. The summed E-state index contributed by atoms with van der Waals surface area (Å²) in [7, 11) is 1.24. The third-order valence-electron chi connectivity index (χ3n) is 3.76. The molecular formula is C20H17F2NO4S. The second-order valence-corrected chi connectivity index (χ2v) is 7.24. The highest BCUT2D eigenvalue weighted by molar-refractivity contribution is 8.13. The molecule has 0 aliphatic rings. The van der Waals surface area contributed by atoms with Gasteiger partial charge in [0, 0.05) is 23.4 Å². The summed E-state index contributed by atoms with van der Waals surface area (Å²) in [4.78, 5) is 23.4. The van der Waals surface area contributed by atoms with Crippen molar-refractivity contribution in [2.24, 2.45) is 0 Å². The fraction of sp³-hybridized carbons (Fsp3) is 0.250. The van der Waals surface area contributed by atoms with Crippen molar-refractivity contribution in [1.82, 2.24) is 0 Å². The first-order valence-electron chi connectivity index (χ1n) is 8.20. The lowest BCUT2D eigenvalue weighted by Crippen LogP contribution is -2.08. The van der Waals surface area contributed by atoms with Crippen LogP contribution in [0, 0.1) is 23.0 Å². The van der Waals surface area contributed by atoms with Crippen LogP contribution in [0.2, 0.25) is 0 Å². The lowest BCUT2D eigenvalue weighted by Gasteiger charge is -2.18. The van der Waals surface area contributed by atoms with Gasteiger partial charge in [0.25, 0.3) is 0 Å². The maximum absolute atomic E-state index is 14.8. The minimum absolute atomic E-state index is 0.0170. The Morgan fingerprint density at radius 3 is 2.54 bits per heavy atom. The van der Waals surface area contributed by atoms with Crippen LogP contribution in [0.1, 0.15) is 37.3 Å². The van der Waals surface area contributed by atoms with Crippen LogP contribution >= 0.6 is 11.8 Å². The average molecular weight is 405 g/mol. The molecule has 2 rings (SSSR count). The molecule has 2 aromatic carbocycles. The largest absolute Gasteiger partial charge is 0.469 e. The second kappa shape index (κ2) is 9.33. The van der Waals surface area contributed by atoms with E-state index in [2.05, 4.69) is 4.74 Å². The Balaban J connectivity index is 2.51. The molecule has 0 amide bonds. The van der Waals surface area contributed by atoms with Gasteiger partial charge in [-0.15, -0.1) is 0 Å². The summed E-state index contributed by atoms with van der Waals surface area (Å²) >= 11 is 0.839. The summed E-state index contributed by atoms with van der Waals surface area (Å²) in [5.74, 6) is -2.76. The SMILES string of the molecule is COC(=O)CC(C)c1cc(SC(C)=O)cc(F)c1Oc1cc(F)cc(C#N)c1. The molecule has 8 heteroatoms. The Morgan fingerprint density at radius 1 is 1.21 bits per heavy atom. The standard InChI is InChI=1S/C20H17F2NO4S/c1-11(4-19(25)26-3)17-8-16(28-12(2)24)9-18(22)20(17)27-15-6-13(10-23)5-14(21)7-15/h5-9,11H,4H2,1-3H3. The number of esters is 1. The van der Waals surface area contributed by atoms with Gasteiger partial charge in [-0.3, -0.25) is 9.59 Å². The van der Waals surface area contributed by atoms with Crippen molar-refractivity contribution in [3.05, 3.63) is 53.1 Å². The summed E-state index contributed by atoms with van der Waals surface area (Å²) in [6.07, 6.45) is -0.0485. The summed E-state index contributed by atoms with van der Waals surface area (Å²) < 4.78 is 38.7. The Hall–Kier alpha value is -2.92. The quantitative estimate of drug-likeness (QED) is 0.501. The first-order chi connectivity index (χ1) is 13.2. The number of nitrogens with zero attached hydrogens (tertiary/aromatic N) is 1. The van der Waals surface area contributed by atoms with Crippen molar-refractivity contribution in [3.8, 4) is 17.6 Å². The fourth-order valence-electron chi connectivity index (χ4n) is 2.53. The lowest BCUT2D eigenvalue weighted by atomic mass is 9.96. The van der Waals surface area contributed by atoms with Crippen molar-refractivity contribution in [2.45, 2.75) is 31.1 Å². The van der Waals surface area contributed by atoms with Crippen LogP contribution < -0.4 is 4.74 Å².